The second-order valence-electron chi connectivity index (χ2n) is 11.0. The van der Waals surface area contributed by atoms with Gasteiger partial charge in [0.2, 0.25) is 5.91 Å². The third-order valence-corrected chi connectivity index (χ3v) is 8.00. The molecule has 5 rings (SSSR count). The first kappa shape index (κ1) is 33.2. The smallest absolute Gasteiger partial charge is 0.406 e. The fourth-order valence-electron chi connectivity index (χ4n) is 4.81. The van der Waals surface area contributed by atoms with Crippen LogP contribution in [0.2, 0.25) is 0 Å². The summed E-state index contributed by atoms with van der Waals surface area (Å²) in [6.45, 7) is 5.38. The molecule has 0 aliphatic carbocycles. The molecule has 0 unspecified atom stereocenters. The number of Topliss-reactive ketones (excluding diaryl/α,β-unsaturated/α-hetero) is 1. The molecule has 3 amide bonds. The van der Waals surface area contributed by atoms with E-state index in [-0.39, 0.29) is 51.4 Å². The molecule has 0 spiro atoms. The van der Waals surface area contributed by atoms with Gasteiger partial charge in [-0.3, -0.25) is 14.5 Å². The van der Waals surface area contributed by atoms with Gasteiger partial charge in [-0.25, -0.2) is 14.5 Å². The number of halogens is 3. The van der Waals surface area contributed by atoms with Gasteiger partial charge in [0.15, 0.2) is 16.8 Å². The fourth-order valence-corrected chi connectivity index (χ4v) is 5.67. The summed E-state index contributed by atoms with van der Waals surface area (Å²) in [7, 11) is 3.80. The highest BCUT2D eigenvalue weighted by Gasteiger charge is 2.33. The molecule has 0 saturated carbocycles. The van der Waals surface area contributed by atoms with Gasteiger partial charge in [0.05, 0.1) is 22.8 Å². The molecule has 1 aromatic heterocycles. The number of nitrogens with one attached hydrogen (secondary N) is 1. The SMILES string of the molecule is CC(=O)c1cc(-c2ncn(-c3ccc(OC(F)(F)F)cc3)n2)ccc1NC(=O)/N=C1\SCC(=O)N1c1cc(N(C)C)ccc1C(C)C. The summed E-state index contributed by atoms with van der Waals surface area (Å²) >= 11 is 1.15. The maximum atomic E-state index is 13.2. The van der Waals surface area contributed by atoms with E-state index in [1.807, 2.05) is 51.0 Å². The van der Waals surface area contributed by atoms with Crippen LogP contribution in [0.15, 0.2) is 72.0 Å². The van der Waals surface area contributed by atoms with Crippen LogP contribution in [0.5, 0.6) is 5.75 Å². The number of ether oxygens (including phenoxy) is 1. The van der Waals surface area contributed by atoms with Crippen LogP contribution in [0.1, 0.15) is 42.6 Å². The van der Waals surface area contributed by atoms with Crippen molar-refractivity contribution in [2.75, 3.05) is 35.0 Å². The standard InChI is InChI=1S/C32H30F3N7O4S/c1-18(2)24-12-9-22(40(4)5)15-27(24)42-28(44)16-47-31(42)38-30(45)37-26-13-6-20(14-25(26)19(3)43)29-36-17-41(39-29)21-7-10-23(11-8-21)46-32(33,34)35/h6-15,17-18H,16H2,1-5H3,(H,37,45)/b38-31-. The van der Waals surface area contributed by atoms with Crippen LogP contribution in [0, 0.1) is 0 Å². The molecule has 11 nitrogen and oxygen atoms in total. The molecule has 4 aromatic rings. The number of nitrogens with zero attached hydrogens (tertiary/aromatic N) is 6. The van der Waals surface area contributed by atoms with Gasteiger partial charge in [-0.15, -0.1) is 18.3 Å². The number of hydrogen-bond donors (Lipinski definition) is 1. The number of ketones is 1. The number of alkyl halides is 3. The summed E-state index contributed by atoms with van der Waals surface area (Å²) in [6, 6.07) is 14.8. The maximum Gasteiger partial charge on any atom is 0.573 e. The largest absolute Gasteiger partial charge is 0.573 e. The van der Waals surface area contributed by atoms with Gasteiger partial charge in [0.1, 0.15) is 12.1 Å². The molecule has 47 heavy (non-hydrogen) atoms. The van der Waals surface area contributed by atoms with Gasteiger partial charge in [0, 0.05) is 30.9 Å². The molecule has 1 aliphatic rings. The molecule has 0 radical (unpaired) electrons. The van der Waals surface area contributed by atoms with Crippen LogP contribution in [0.4, 0.5) is 35.0 Å². The first-order valence-electron chi connectivity index (χ1n) is 14.3. The van der Waals surface area contributed by atoms with Gasteiger partial charge in [-0.2, -0.15) is 4.99 Å². The van der Waals surface area contributed by atoms with Gasteiger partial charge in [-0.05, 0) is 73.0 Å². The number of aromatic nitrogens is 3. The van der Waals surface area contributed by atoms with Crippen LogP contribution < -0.4 is 19.9 Å². The van der Waals surface area contributed by atoms with E-state index in [2.05, 4.69) is 25.1 Å². The fraction of sp³-hybridized carbons (Fsp3) is 0.250. The minimum Gasteiger partial charge on any atom is -0.406 e. The lowest BCUT2D eigenvalue weighted by Gasteiger charge is -2.24. The molecule has 1 saturated heterocycles. The van der Waals surface area contributed by atoms with Crippen molar-refractivity contribution in [2.24, 2.45) is 4.99 Å². The van der Waals surface area contributed by atoms with E-state index in [4.69, 9.17) is 0 Å². The number of urea groups is 1. The Morgan fingerprint density at radius 2 is 1.79 bits per heavy atom. The van der Waals surface area contributed by atoms with E-state index >= 15 is 0 Å². The third kappa shape index (κ3) is 7.62. The number of carbonyl (C=O) groups excluding carboxylic acids is 3. The average molecular weight is 666 g/mol. The zero-order chi connectivity index (χ0) is 34.0. The Morgan fingerprint density at radius 1 is 1.06 bits per heavy atom. The van der Waals surface area contributed by atoms with Crippen molar-refractivity contribution in [3.05, 3.63) is 78.1 Å². The predicted octanol–water partition coefficient (Wildman–Crippen LogP) is 6.89. The number of hydrogen-bond acceptors (Lipinski definition) is 8. The molecule has 15 heteroatoms. The number of thioether (sulfide) groups is 1. The summed E-state index contributed by atoms with van der Waals surface area (Å²) in [5, 5.41) is 7.25. The van der Waals surface area contributed by atoms with Crippen molar-refractivity contribution in [2.45, 2.75) is 33.1 Å². The monoisotopic (exact) mass is 665 g/mol. The molecular formula is C32H30F3N7O4S. The van der Waals surface area contributed by atoms with Crippen molar-refractivity contribution in [1.82, 2.24) is 14.8 Å². The van der Waals surface area contributed by atoms with E-state index < -0.39 is 12.4 Å². The Hall–Kier alpha value is -5.18. The molecule has 244 valence electrons. The van der Waals surface area contributed by atoms with E-state index in [0.29, 0.717) is 16.9 Å². The maximum absolute atomic E-state index is 13.2. The lowest BCUT2D eigenvalue weighted by atomic mass is 9.99. The van der Waals surface area contributed by atoms with Crippen LogP contribution in [-0.2, 0) is 4.79 Å². The number of amidine groups is 1. The predicted molar refractivity (Wildman–Crippen MR) is 175 cm³/mol. The molecule has 0 atom stereocenters. The number of anilines is 3. The minimum absolute atomic E-state index is 0.102. The highest BCUT2D eigenvalue weighted by molar-refractivity contribution is 8.15. The minimum atomic E-state index is -4.81. The summed E-state index contributed by atoms with van der Waals surface area (Å²) < 4.78 is 42.7. The lowest BCUT2D eigenvalue weighted by molar-refractivity contribution is -0.274. The number of amides is 3. The second-order valence-corrected chi connectivity index (χ2v) is 11.9. The number of aliphatic imine (C=N–C) groups is 1. The summed E-state index contributed by atoms with van der Waals surface area (Å²) in [5.74, 6) is -0.465. The molecule has 1 aliphatic heterocycles. The van der Waals surface area contributed by atoms with E-state index in [9.17, 15) is 27.6 Å². The zero-order valence-corrected chi connectivity index (χ0v) is 26.8. The van der Waals surface area contributed by atoms with E-state index in [1.165, 1.54) is 47.1 Å². The van der Waals surface area contributed by atoms with Gasteiger partial charge in [0.25, 0.3) is 0 Å². The van der Waals surface area contributed by atoms with Crippen molar-refractivity contribution in [3.8, 4) is 22.8 Å². The number of rotatable bonds is 8. The van der Waals surface area contributed by atoms with Crippen molar-refractivity contribution in [3.63, 3.8) is 0 Å². The quantitative estimate of drug-likeness (QED) is 0.202. The third-order valence-electron chi connectivity index (χ3n) is 7.08. The van der Waals surface area contributed by atoms with Crippen LogP contribution in [0.25, 0.3) is 17.1 Å². The van der Waals surface area contributed by atoms with Gasteiger partial charge < -0.3 is 15.0 Å². The summed E-state index contributed by atoms with van der Waals surface area (Å²) in [4.78, 5) is 50.7. The van der Waals surface area contributed by atoms with Gasteiger partial charge in [-0.1, -0.05) is 31.7 Å². The molecule has 3 aromatic carbocycles. The molecule has 1 fully saturated rings. The van der Waals surface area contributed by atoms with Crippen molar-refractivity contribution < 1.29 is 32.3 Å². The second kappa shape index (κ2) is 13.3. The first-order valence-corrected chi connectivity index (χ1v) is 15.3. The summed E-state index contributed by atoms with van der Waals surface area (Å²) in [5.41, 5.74) is 3.73. The zero-order valence-electron chi connectivity index (χ0n) is 26.0. The highest BCUT2D eigenvalue weighted by Crippen LogP contribution is 2.36. The van der Waals surface area contributed by atoms with E-state index in [0.717, 1.165) is 35.1 Å². The van der Waals surface area contributed by atoms with Crippen molar-refractivity contribution >= 4 is 51.7 Å². The lowest BCUT2D eigenvalue weighted by Crippen LogP contribution is -2.31. The Balaban J connectivity index is 1.38. The summed E-state index contributed by atoms with van der Waals surface area (Å²) in [6.07, 6.45) is -3.43. The van der Waals surface area contributed by atoms with Crippen molar-refractivity contribution in [1.29, 1.82) is 0 Å². The molecule has 0 bridgehead atoms. The Morgan fingerprint density at radius 3 is 2.43 bits per heavy atom. The van der Waals surface area contributed by atoms with Crippen LogP contribution in [-0.4, -0.2) is 63.9 Å². The Bertz CT molecular complexity index is 1870. The Kier molecular flexibility index (Phi) is 9.38. The highest BCUT2D eigenvalue weighted by atomic mass is 32.2. The average Bonchev–Trinajstić information content (AvgIpc) is 3.63. The first-order chi connectivity index (χ1) is 22.2. The topological polar surface area (TPSA) is 122 Å². The number of carbonyl (C=O) groups is 3. The van der Waals surface area contributed by atoms with Gasteiger partial charge >= 0.3 is 12.4 Å². The normalized spacial score (nSPS) is 14.2. The molecule has 1 N–H and O–H groups in total. The van der Waals surface area contributed by atoms with E-state index in [1.54, 1.807) is 6.07 Å². The van der Waals surface area contributed by atoms with Crippen LogP contribution >= 0.6 is 11.8 Å². The Labute approximate surface area is 272 Å². The molecule has 2 heterocycles. The van der Waals surface area contributed by atoms with Crippen LogP contribution in [0.3, 0.4) is 0 Å². The molecular weight excluding hydrogens is 635 g/mol. The number of benzene rings is 3.